The highest BCUT2D eigenvalue weighted by atomic mass is 35.5. The SMILES string of the molecule is CN=C/C(=C\N)[C@@H]1CCCN(c2nc3c([C@@H](C)Nc4ccc(Cl)nc4C(=O)NS(C)(=O)=O)cc(C)cc3c(=O)n2C)C1. The molecule has 14 heteroatoms. The zero-order valence-electron chi connectivity index (χ0n) is 24.2. The predicted octanol–water partition coefficient (Wildman–Crippen LogP) is 2.91. The molecule has 4 N–H and O–H groups in total. The second-order valence-electron chi connectivity index (χ2n) is 10.5. The summed E-state index contributed by atoms with van der Waals surface area (Å²) in [5.74, 6) is -0.232. The summed E-state index contributed by atoms with van der Waals surface area (Å²) >= 11 is 6.03. The van der Waals surface area contributed by atoms with Crippen molar-refractivity contribution in [2.24, 2.45) is 23.7 Å². The number of pyridine rings is 1. The van der Waals surface area contributed by atoms with Gasteiger partial charge in [0.15, 0.2) is 5.69 Å². The van der Waals surface area contributed by atoms with Crippen molar-refractivity contribution in [3.8, 4) is 0 Å². The number of nitrogens with two attached hydrogens (primary N) is 1. The second-order valence-corrected chi connectivity index (χ2v) is 12.6. The van der Waals surface area contributed by atoms with Crippen LogP contribution in [-0.2, 0) is 17.1 Å². The van der Waals surface area contributed by atoms with E-state index >= 15 is 0 Å². The fourth-order valence-electron chi connectivity index (χ4n) is 5.27. The van der Waals surface area contributed by atoms with Crippen LogP contribution >= 0.6 is 11.6 Å². The number of nitrogens with zero attached hydrogens (tertiary/aromatic N) is 5. The normalized spacial score (nSPS) is 17.0. The van der Waals surface area contributed by atoms with Gasteiger partial charge < -0.3 is 16.0 Å². The number of halogens is 1. The lowest BCUT2D eigenvalue weighted by atomic mass is 9.91. The number of amides is 1. The third kappa shape index (κ3) is 6.73. The van der Waals surface area contributed by atoms with Crippen LogP contribution in [0.1, 0.15) is 47.4 Å². The fourth-order valence-corrected chi connectivity index (χ4v) is 5.85. The van der Waals surface area contributed by atoms with Gasteiger partial charge in [0.05, 0.1) is 28.9 Å². The van der Waals surface area contributed by atoms with E-state index in [4.69, 9.17) is 22.3 Å². The van der Waals surface area contributed by atoms with Crippen molar-refractivity contribution >= 4 is 56.3 Å². The van der Waals surface area contributed by atoms with Crippen LogP contribution in [-0.4, -0.2) is 61.5 Å². The molecule has 0 radical (unpaired) electrons. The minimum absolute atomic E-state index is 0.0281. The molecule has 0 aliphatic carbocycles. The van der Waals surface area contributed by atoms with Crippen molar-refractivity contribution in [3.63, 3.8) is 0 Å². The van der Waals surface area contributed by atoms with Gasteiger partial charge in [0.2, 0.25) is 16.0 Å². The van der Waals surface area contributed by atoms with Gasteiger partial charge >= 0.3 is 0 Å². The maximum absolute atomic E-state index is 13.7. The summed E-state index contributed by atoms with van der Waals surface area (Å²) in [4.78, 5) is 41.7. The van der Waals surface area contributed by atoms with Gasteiger partial charge in [0.1, 0.15) is 5.15 Å². The van der Waals surface area contributed by atoms with Crippen molar-refractivity contribution in [2.75, 3.05) is 36.6 Å². The number of rotatable bonds is 8. The summed E-state index contributed by atoms with van der Waals surface area (Å²) < 4.78 is 26.9. The molecule has 2 atom stereocenters. The molecule has 3 heterocycles. The number of fused-ring (bicyclic) bond motifs is 1. The Morgan fingerprint density at radius 3 is 2.69 bits per heavy atom. The third-order valence-electron chi connectivity index (χ3n) is 7.17. The lowest BCUT2D eigenvalue weighted by Gasteiger charge is -2.34. The molecule has 1 aliphatic rings. The van der Waals surface area contributed by atoms with E-state index < -0.39 is 22.0 Å². The molecular formula is C28H35ClN8O4S. The van der Waals surface area contributed by atoms with E-state index in [1.807, 2.05) is 30.7 Å². The number of sulfonamides is 1. The van der Waals surface area contributed by atoms with Crippen molar-refractivity contribution in [3.05, 3.63) is 68.4 Å². The average molecular weight is 615 g/mol. The summed E-state index contributed by atoms with van der Waals surface area (Å²) in [6.45, 7) is 5.11. The molecule has 1 aliphatic heterocycles. The van der Waals surface area contributed by atoms with Crippen LogP contribution in [0.2, 0.25) is 5.15 Å². The van der Waals surface area contributed by atoms with E-state index in [1.54, 1.807) is 37.1 Å². The van der Waals surface area contributed by atoms with Crippen molar-refractivity contribution in [2.45, 2.75) is 32.7 Å². The van der Waals surface area contributed by atoms with Gasteiger partial charge in [0.25, 0.3) is 11.5 Å². The molecule has 2 aromatic heterocycles. The molecule has 1 saturated heterocycles. The molecule has 12 nitrogen and oxygen atoms in total. The Balaban J connectivity index is 1.77. The van der Waals surface area contributed by atoms with E-state index in [0.717, 1.165) is 42.3 Å². The number of benzene rings is 1. The topological polar surface area (TPSA) is 165 Å². The van der Waals surface area contributed by atoms with E-state index in [9.17, 15) is 18.0 Å². The van der Waals surface area contributed by atoms with Gasteiger partial charge in [-0.3, -0.25) is 19.1 Å². The van der Waals surface area contributed by atoms with E-state index in [0.29, 0.717) is 23.4 Å². The number of nitrogens with one attached hydrogen (secondary N) is 2. The lowest BCUT2D eigenvalue weighted by molar-refractivity contribution is 0.0977. The maximum atomic E-state index is 13.7. The van der Waals surface area contributed by atoms with Gasteiger partial charge in [-0.25, -0.2) is 23.1 Å². The van der Waals surface area contributed by atoms with Crippen LogP contribution < -0.4 is 26.2 Å². The molecule has 42 heavy (non-hydrogen) atoms. The van der Waals surface area contributed by atoms with Crippen LogP contribution in [0.5, 0.6) is 0 Å². The molecule has 0 unspecified atom stereocenters. The first-order chi connectivity index (χ1) is 19.8. The molecule has 0 saturated carbocycles. The first kappa shape index (κ1) is 31.0. The zero-order chi connectivity index (χ0) is 30.8. The fraction of sp³-hybridized carbons (Fsp3) is 0.393. The van der Waals surface area contributed by atoms with Crippen LogP contribution in [0.3, 0.4) is 0 Å². The highest BCUT2D eigenvalue weighted by Crippen LogP contribution is 2.31. The van der Waals surface area contributed by atoms with Crippen LogP contribution in [0.15, 0.2) is 45.8 Å². The standard InChI is InChI=1S/C28H35ClN8O4S/c1-16-11-20(17(2)32-22-8-9-23(29)33-25(22)26(38)35-42(5,40)41)24-21(12-16)27(39)36(4)28(34-24)37-10-6-7-18(15-37)19(13-30)14-31-3/h8-9,11-14,17-18,32H,6-7,10,15,30H2,1-5H3,(H,35,38)/b19-13+,31-14?/t17-,18-/m1/s1. The van der Waals surface area contributed by atoms with Crippen molar-refractivity contribution < 1.29 is 13.2 Å². The number of aryl methyl sites for hydroxylation is 1. The molecule has 3 aromatic rings. The summed E-state index contributed by atoms with van der Waals surface area (Å²) in [6, 6.07) is 6.32. The molecule has 0 bridgehead atoms. The summed E-state index contributed by atoms with van der Waals surface area (Å²) in [6.07, 6.45) is 6.07. The van der Waals surface area contributed by atoms with E-state index in [2.05, 4.69) is 20.2 Å². The maximum Gasteiger partial charge on any atom is 0.285 e. The molecular weight excluding hydrogens is 580 g/mol. The largest absolute Gasteiger partial charge is 0.404 e. The number of carbonyl (C=O) groups excluding carboxylic acids is 1. The molecule has 1 fully saturated rings. The number of hydrogen-bond acceptors (Lipinski definition) is 10. The van der Waals surface area contributed by atoms with Gasteiger partial charge in [-0.15, -0.1) is 0 Å². The van der Waals surface area contributed by atoms with E-state index in [-0.39, 0.29) is 28.0 Å². The lowest BCUT2D eigenvalue weighted by Crippen LogP contribution is -2.40. The Labute approximate surface area is 249 Å². The first-order valence-electron chi connectivity index (χ1n) is 13.4. The zero-order valence-corrected chi connectivity index (χ0v) is 25.8. The number of aromatic nitrogens is 3. The van der Waals surface area contributed by atoms with Crippen LogP contribution in [0.25, 0.3) is 10.9 Å². The van der Waals surface area contributed by atoms with Crippen molar-refractivity contribution in [1.29, 1.82) is 0 Å². The monoisotopic (exact) mass is 614 g/mol. The minimum Gasteiger partial charge on any atom is -0.404 e. The average Bonchev–Trinajstić information content (AvgIpc) is 2.93. The number of carbonyl (C=O) groups is 1. The van der Waals surface area contributed by atoms with Crippen LogP contribution in [0.4, 0.5) is 11.6 Å². The number of piperidine rings is 1. The minimum atomic E-state index is -3.83. The summed E-state index contributed by atoms with van der Waals surface area (Å²) in [5.41, 5.74) is 8.84. The second kappa shape index (κ2) is 12.5. The Bertz CT molecular complexity index is 1750. The van der Waals surface area contributed by atoms with Gasteiger partial charge in [-0.2, -0.15) is 0 Å². The number of hydrogen-bond donors (Lipinski definition) is 3. The quantitative estimate of drug-likeness (QED) is 0.255. The Morgan fingerprint density at radius 2 is 2.02 bits per heavy atom. The highest BCUT2D eigenvalue weighted by molar-refractivity contribution is 7.89. The third-order valence-corrected chi connectivity index (χ3v) is 7.94. The number of aliphatic imine (C=N–C) groups is 1. The highest BCUT2D eigenvalue weighted by Gasteiger charge is 2.27. The Morgan fingerprint density at radius 1 is 1.29 bits per heavy atom. The van der Waals surface area contributed by atoms with Gasteiger partial charge in [-0.1, -0.05) is 17.7 Å². The first-order valence-corrected chi connectivity index (χ1v) is 15.6. The number of anilines is 2. The van der Waals surface area contributed by atoms with Gasteiger partial charge in [0, 0.05) is 44.9 Å². The Hall–Kier alpha value is -3.97. The Kier molecular flexibility index (Phi) is 9.21. The molecule has 224 valence electrons. The molecule has 1 amide bonds. The summed E-state index contributed by atoms with van der Waals surface area (Å²) in [5, 5.41) is 3.73. The smallest absolute Gasteiger partial charge is 0.285 e. The van der Waals surface area contributed by atoms with E-state index in [1.165, 1.54) is 6.07 Å². The summed E-state index contributed by atoms with van der Waals surface area (Å²) in [7, 11) is -0.409. The van der Waals surface area contributed by atoms with Crippen LogP contribution in [0, 0.1) is 12.8 Å². The molecule has 4 rings (SSSR count). The van der Waals surface area contributed by atoms with Crippen molar-refractivity contribution in [1.82, 2.24) is 19.3 Å². The predicted molar refractivity (Wildman–Crippen MR) is 167 cm³/mol. The molecule has 1 aromatic carbocycles. The molecule has 0 spiro atoms. The van der Waals surface area contributed by atoms with Gasteiger partial charge in [-0.05, 0) is 62.2 Å².